The highest BCUT2D eigenvalue weighted by molar-refractivity contribution is 8.05. The summed E-state index contributed by atoms with van der Waals surface area (Å²) in [5.41, 5.74) is 0. The van der Waals surface area contributed by atoms with E-state index in [1.54, 1.807) is 0 Å². The summed E-state index contributed by atoms with van der Waals surface area (Å²) in [6, 6.07) is 0. The minimum Gasteiger partial charge on any atom is -0.391 e. The summed E-state index contributed by atoms with van der Waals surface area (Å²) in [7, 11) is -11.0. The molecular weight excluding hydrogens is 216 g/mol. The molecule has 10 heteroatoms. The normalized spacial score (nSPS) is 14.7. The zero-order chi connectivity index (χ0) is 10.2. The maximum Gasteiger partial charge on any atom is 0.341 e. The van der Waals surface area contributed by atoms with Gasteiger partial charge < -0.3 is 10.2 Å². The molecule has 0 aromatic rings. The molecule has 0 unspecified atom stereocenters. The fraction of sp³-hybridized carbons (Fsp3) is 1.00. The van der Waals surface area contributed by atoms with Crippen molar-refractivity contribution in [3.63, 3.8) is 0 Å². The van der Waals surface area contributed by atoms with Crippen LogP contribution in [0.4, 0.5) is 0 Å². The van der Waals surface area contributed by atoms with E-state index in [1.807, 2.05) is 0 Å². The minimum atomic E-state index is -5.50. The van der Waals surface area contributed by atoms with Crippen LogP contribution in [0, 0.1) is 0 Å². The first-order valence-corrected chi connectivity index (χ1v) is 5.21. The van der Waals surface area contributed by atoms with E-state index in [2.05, 4.69) is 0 Å². The largest absolute Gasteiger partial charge is 0.391 e. The molecular formula is C2H6O8S2. The second-order valence-electron chi connectivity index (χ2n) is 1.82. The third-order valence-corrected chi connectivity index (χ3v) is 4.14. The number of aliphatic hydroxyl groups excluding tert-OH is 1. The second kappa shape index (κ2) is 2.90. The van der Waals surface area contributed by atoms with Crippen LogP contribution in [0.3, 0.4) is 0 Å². The molecule has 0 bridgehead atoms. The molecule has 74 valence electrons. The van der Waals surface area contributed by atoms with Crippen molar-refractivity contribution in [2.45, 2.75) is 4.27 Å². The van der Waals surface area contributed by atoms with Gasteiger partial charge in [-0.2, -0.15) is 16.8 Å². The summed E-state index contributed by atoms with van der Waals surface area (Å²) in [6.45, 7) is -1.87. The third-order valence-electron chi connectivity index (χ3n) is 1.01. The Balaban J connectivity index is 5.58. The van der Waals surface area contributed by atoms with E-state index in [4.69, 9.17) is 19.3 Å². The SMILES string of the molecule is O=S(=O)(O)C(O)(CO)S(=O)(=O)O. The smallest absolute Gasteiger partial charge is 0.341 e. The first-order chi connectivity index (χ1) is 5.06. The van der Waals surface area contributed by atoms with Gasteiger partial charge in [-0.15, -0.1) is 0 Å². The lowest BCUT2D eigenvalue weighted by Gasteiger charge is -2.17. The molecule has 0 heterocycles. The van der Waals surface area contributed by atoms with Crippen LogP contribution in [0.15, 0.2) is 0 Å². The van der Waals surface area contributed by atoms with Crippen LogP contribution in [0.25, 0.3) is 0 Å². The molecule has 0 aromatic carbocycles. The lowest BCUT2D eigenvalue weighted by Crippen LogP contribution is -2.48. The van der Waals surface area contributed by atoms with Crippen molar-refractivity contribution in [2.24, 2.45) is 0 Å². The Morgan fingerprint density at radius 3 is 1.25 bits per heavy atom. The van der Waals surface area contributed by atoms with Gasteiger partial charge >= 0.3 is 24.5 Å². The first kappa shape index (κ1) is 11.7. The molecule has 0 atom stereocenters. The van der Waals surface area contributed by atoms with Crippen molar-refractivity contribution in [3.8, 4) is 0 Å². The third kappa shape index (κ3) is 1.73. The number of aliphatic hydroxyl groups is 2. The maximum absolute atomic E-state index is 10.1. The Kier molecular flexibility index (Phi) is 2.84. The molecule has 12 heavy (non-hydrogen) atoms. The van der Waals surface area contributed by atoms with Gasteiger partial charge in [0, 0.05) is 0 Å². The molecule has 0 aliphatic rings. The highest BCUT2D eigenvalue weighted by Crippen LogP contribution is 2.18. The van der Waals surface area contributed by atoms with Crippen LogP contribution in [0.1, 0.15) is 0 Å². The average molecular weight is 222 g/mol. The fourth-order valence-corrected chi connectivity index (χ4v) is 1.69. The Morgan fingerprint density at radius 2 is 1.25 bits per heavy atom. The van der Waals surface area contributed by atoms with Gasteiger partial charge in [0.05, 0.1) is 0 Å². The number of hydrogen-bond acceptors (Lipinski definition) is 6. The standard InChI is InChI=1S/C2H6O8S2/c3-1-2(4,11(5,6)7)12(8,9)10/h3-4H,1H2,(H,5,6,7)(H,8,9,10). The molecule has 0 saturated carbocycles. The first-order valence-electron chi connectivity index (χ1n) is 2.33. The van der Waals surface area contributed by atoms with Crippen molar-refractivity contribution >= 4 is 20.2 Å². The number of hydrogen-bond donors (Lipinski definition) is 4. The molecule has 0 aliphatic carbocycles. The van der Waals surface area contributed by atoms with Crippen molar-refractivity contribution in [1.82, 2.24) is 0 Å². The topological polar surface area (TPSA) is 149 Å². The quantitative estimate of drug-likeness (QED) is 0.380. The Labute approximate surface area is 67.9 Å². The van der Waals surface area contributed by atoms with E-state index in [1.165, 1.54) is 0 Å². The van der Waals surface area contributed by atoms with Gasteiger partial charge in [-0.1, -0.05) is 0 Å². The summed E-state index contributed by atoms with van der Waals surface area (Å²) < 4.78 is 52.8. The van der Waals surface area contributed by atoms with Gasteiger partial charge in [0.1, 0.15) is 6.61 Å². The van der Waals surface area contributed by atoms with Gasteiger partial charge in [-0.05, 0) is 0 Å². The molecule has 4 N–H and O–H groups in total. The highest BCUT2D eigenvalue weighted by atomic mass is 32.3. The summed E-state index contributed by atoms with van der Waals surface area (Å²) in [5.74, 6) is 0. The van der Waals surface area contributed by atoms with Gasteiger partial charge in [-0.3, -0.25) is 9.11 Å². The molecule has 0 rings (SSSR count). The number of rotatable bonds is 3. The molecule has 8 nitrogen and oxygen atoms in total. The molecule has 0 saturated heterocycles. The van der Waals surface area contributed by atoms with E-state index in [0.29, 0.717) is 0 Å². The Morgan fingerprint density at radius 1 is 1.00 bits per heavy atom. The van der Waals surface area contributed by atoms with Gasteiger partial charge in [0.15, 0.2) is 0 Å². The highest BCUT2D eigenvalue weighted by Gasteiger charge is 2.53. The minimum absolute atomic E-state index is 1.87. The zero-order valence-electron chi connectivity index (χ0n) is 5.45. The lowest BCUT2D eigenvalue weighted by atomic mass is 10.8. The van der Waals surface area contributed by atoms with E-state index < -0.39 is 31.1 Å². The molecule has 0 radical (unpaired) electrons. The van der Waals surface area contributed by atoms with Gasteiger partial charge in [0.2, 0.25) is 0 Å². The summed E-state index contributed by atoms with van der Waals surface area (Å²) >= 11 is 0. The molecule has 0 spiro atoms. The van der Waals surface area contributed by atoms with Gasteiger partial charge in [0.25, 0.3) is 0 Å². The summed E-state index contributed by atoms with van der Waals surface area (Å²) in [4.78, 5) is 0. The van der Waals surface area contributed by atoms with Crippen LogP contribution in [-0.4, -0.2) is 47.0 Å². The molecule has 0 aliphatic heterocycles. The summed E-state index contributed by atoms with van der Waals surface area (Å²) in [6.07, 6.45) is 0. The van der Waals surface area contributed by atoms with E-state index >= 15 is 0 Å². The maximum atomic E-state index is 10.1. The summed E-state index contributed by atoms with van der Waals surface area (Å²) in [5, 5.41) is 16.7. The van der Waals surface area contributed by atoms with Crippen LogP contribution >= 0.6 is 0 Å². The van der Waals surface area contributed by atoms with Gasteiger partial charge in [-0.25, -0.2) is 0 Å². The fourth-order valence-electron chi connectivity index (χ4n) is 0.296. The second-order valence-corrected chi connectivity index (χ2v) is 5.33. The van der Waals surface area contributed by atoms with E-state index in [0.717, 1.165) is 0 Å². The van der Waals surface area contributed by atoms with Crippen molar-refractivity contribution < 1.29 is 36.2 Å². The van der Waals surface area contributed by atoms with Crippen LogP contribution < -0.4 is 0 Å². The van der Waals surface area contributed by atoms with Crippen molar-refractivity contribution in [2.75, 3.05) is 6.61 Å². The molecule has 0 fully saturated rings. The Hall–Kier alpha value is -0.260. The van der Waals surface area contributed by atoms with Crippen molar-refractivity contribution in [3.05, 3.63) is 0 Å². The molecule has 0 aromatic heterocycles. The lowest BCUT2D eigenvalue weighted by molar-refractivity contribution is 0.102. The van der Waals surface area contributed by atoms with Crippen LogP contribution in [0.5, 0.6) is 0 Å². The Bertz CT molecular complexity index is 315. The average Bonchev–Trinajstić information content (AvgIpc) is 1.81. The predicted molar refractivity (Wildman–Crippen MR) is 35.1 cm³/mol. The van der Waals surface area contributed by atoms with Crippen molar-refractivity contribution in [1.29, 1.82) is 0 Å². The van der Waals surface area contributed by atoms with E-state index in [-0.39, 0.29) is 0 Å². The molecule has 0 amide bonds. The monoisotopic (exact) mass is 222 g/mol. The zero-order valence-corrected chi connectivity index (χ0v) is 7.08. The van der Waals surface area contributed by atoms with E-state index in [9.17, 15) is 16.8 Å². The predicted octanol–water partition coefficient (Wildman–Crippen LogP) is -2.60. The van der Waals surface area contributed by atoms with Crippen LogP contribution in [-0.2, 0) is 20.2 Å². The van der Waals surface area contributed by atoms with Crippen LogP contribution in [0.2, 0.25) is 0 Å².